The zero-order chi connectivity index (χ0) is 20.1. The first-order valence-electron chi connectivity index (χ1n) is 9.06. The Hall–Kier alpha value is -1.15. The fraction of sp³-hybridized carbons (Fsp3) is 0.524. The molecule has 6 heteroatoms. The lowest BCUT2D eigenvalue weighted by molar-refractivity contribution is -0.119. The summed E-state index contributed by atoms with van der Waals surface area (Å²) in [6.45, 7) is 7.80. The van der Waals surface area contributed by atoms with E-state index in [1.807, 2.05) is 39.8 Å². The van der Waals surface area contributed by atoms with Gasteiger partial charge in [-0.1, -0.05) is 27.7 Å². The number of thiophene rings is 1. The predicted octanol–water partition coefficient (Wildman–Crippen LogP) is 5.84. The van der Waals surface area contributed by atoms with Crippen LogP contribution < -0.4 is 0 Å². The third kappa shape index (κ3) is 4.16. The highest BCUT2D eigenvalue weighted by Crippen LogP contribution is 2.49. The first-order valence-corrected chi connectivity index (χ1v) is 11.0. The number of aliphatic hydroxyl groups is 2. The van der Waals surface area contributed by atoms with Crippen LogP contribution in [0.2, 0.25) is 0 Å². The lowest BCUT2D eigenvalue weighted by atomic mass is 9.68. The van der Waals surface area contributed by atoms with Crippen molar-refractivity contribution >= 4 is 45.5 Å². The molecule has 146 valence electrons. The van der Waals surface area contributed by atoms with Crippen molar-refractivity contribution in [1.29, 1.82) is 0 Å². The summed E-state index contributed by atoms with van der Waals surface area (Å²) in [7, 11) is 0. The van der Waals surface area contributed by atoms with E-state index in [1.54, 1.807) is 0 Å². The van der Waals surface area contributed by atoms with E-state index in [2.05, 4.69) is 22.6 Å². The minimum Gasteiger partial charge on any atom is -0.512 e. The molecule has 1 aromatic heterocycles. The van der Waals surface area contributed by atoms with Gasteiger partial charge in [0.25, 0.3) is 0 Å². The zero-order valence-electron chi connectivity index (χ0n) is 16.1. The number of halogens is 1. The molecule has 27 heavy (non-hydrogen) atoms. The fourth-order valence-electron chi connectivity index (χ4n) is 4.17. The molecule has 0 saturated carbocycles. The van der Waals surface area contributed by atoms with Gasteiger partial charge in [-0.3, -0.25) is 9.59 Å². The number of allylic oxidation sites excluding steroid dienone is 4. The van der Waals surface area contributed by atoms with Gasteiger partial charge in [0.1, 0.15) is 11.5 Å². The van der Waals surface area contributed by atoms with E-state index in [1.165, 1.54) is 11.3 Å². The standard InChI is InChI=1S/C21H25IO4S/c1-20(2)7-11(23)17(12(24)8-20)19(15-5-6-16(22)27-15)18-13(25)9-21(3,4)10-14(18)26/h5-6,19,23,25H,7-10H2,1-4H3. The number of ketones is 2. The van der Waals surface area contributed by atoms with Crippen molar-refractivity contribution in [1.82, 2.24) is 0 Å². The Bertz CT molecular complexity index is 820. The molecule has 0 fully saturated rings. The Morgan fingerprint density at radius 1 is 0.889 bits per heavy atom. The van der Waals surface area contributed by atoms with E-state index >= 15 is 0 Å². The number of Topliss-reactive ketones (excluding diaryl/α,β-unsaturated/α-hetero) is 2. The Morgan fingerprint density at radius 3 is 1.67 bits per heavy atom. The van der Waals surface area contributed by atoms with Crippen LogP contribution in [0.25, 0.3) is 0 Å². The monoisotopic (exact) mass is 500 g/mol. The molecule has 0 atom stereocenters. The van der Waals surface area contributed by atoms with Gasteiger partial charge in [0.2, 0.25) is 0 Å². The minimum absolute atomic E-state index is 0.0441. The molecule has 2 N–H and O–H groups in total. The summed E-state index contributed by atoms with van der Waals surface area (Å²) in [5.41, 5.74) is -0.0633. The molecule has 1 aromatic rings. The van der Waals surface area contributed by atoms with Crippen molar-refractivity contribution in [3.05, 3.63) is 42.6 Å². The van der Waals surface area contributed by atoms with Crippen LogP contribution in [-0.4, -0.2) is 21.8 Å². The summed E-state index contributed by atoms with van der Waals surface area (Å²) in [6, 6.07) is 3.81. The van der Waals surface area contributed by atoms with Crippen LogP contribution in [0.4, 0.5) is 0 Å². The maximum atomic E-state index is 13.0. The first kappa shape index (κ1) is 20.6. The number of carbonyl (C=O) groups excluding carboxylic acids is 2. The summed E-state index contributed by atoms with van der Waals surface area (Å²) >= 11 is 3.68. The Kier molecular flexibility index (Phi) is 5.36. The fourth-order valence-corrected chi connectivity index (χ4v) is 5.96. The van der Waals surface area contributed by atoms with Crippen molar-refractivity contribution in [3.8, 4) is 0 Å². The van der Waals surface area contributed by atoms with Crippen LogP contribution in [0.15, 0.2) is 34.8 Å². The van der Waals surface area contributed by atoms with Crippen molar-refractivity contribution < 1.29 is 19.8 Å². The largest absolute Gasteiger partial charge is 0.512 e. The number of aliphatic hydroxyl groups excluding tert-OH is 2. The van der Waals surface area contributed by atoms with Crippen LogP contribution in [0.3, 0.4) is 0 Å². The van der Waals surface area contributed by atoms with Gasteiger partial charge in [-0.05, 0) is 45.6 Å². The van der Waals surface area contributed by atoms with Crippen molar-refractivity contribution in [2.24, 2.45) is 10.8 Å². The minimum atomic E-state index is -0.689. The lowest BCUT2D eigenvalue weighted by Gasteiger charge is -2.36. The molecule has 2 aliphatic rings. The third-order valence-corrected chi connectivity index (χ3v) is 7.21. The summed E-state index contributed by atoms with van der Waals surface area (Å²) < 4.78 is 1.03. The highest BCUT2D eigenvalue weighted by Gasteiger charge is 2.44. The highest BCUT2D eigenvalue weighted by atomic mass is 127. The highest BCUT2D eigenvalue weighted by molar-refractivity contribution is 14.1. The molecule has 1 heterocycles. The lowest BCUT2D eigenvalue weighted by Crippen LogP contribution is -2.33. The maximum absolute atomic E-state index is 13.0. The molecule has 4 nitrogen and oxygen atoms in total. The Labute approximate surface area is 177 Å². The second-order valence-electron chi connectivity index (χ2n) is 9.18. The maximum Gasteiger partial charge on any atom is 0.163 e. The molecular formula is C21H25IO4S. The molecule has 3 rings (SSSR count). The van der Waals surface area contributed by atoms with Gasteiger partial charge in [-0.25, -0.2) is 0 Å². The molecule has 0 aromatic carbocycles. The predicted molar refractivity (Wildman–Crippen MR) is 115 cm³/mol. The third-order valence-electron chi connectivity index (χ3n) is 5.25. The van der Waals surface area contributed by atoms with Crippen molar-refractivity contribution in [2.75, 3.05) is 0 Å². The van der Waals surface area contributed by atoms with Gasteiger partial charge in [-0.2, -0.15) is 0 Å². The SMILES string of the molecule is CC1(C)CC(=O)C(C(C2=C(O)CC(C)(C)CC2=O)c2ccc(I)s2)=C(O)C1. The van der Waals surface area contributed by atoms with E-state index in [0.29, 0.717) is 25.7 Å². The quantitative estimate of drug-likeness (QED) is 0.512. The van der Waals surface area contributed by atoms with E-state index in [-0.39, 0.29) is 45.1 Å². The second-order valence-corrected chi connectivity index (χ2v) is 12.2. The van der Waals surface area contributed by atoms with Gasteiger partial charge in [0.05, 0.1) is 8.80 Å². The molecule has 0 bridgehead atoms. The molecule has 0 saturated heterocycles. The number of carbonyl (C=O) groups is 2. The topological polar surface area (TPSA) is 74.6 Å². The summed E-state index contributed by atoms with van der Waals surface area (Å²) in [5.74, 6) is -0.888. The normalized spacial score (nSPS) is 22.7. The van der Waals surface area contributed by atoms with E-state index in [4.69, 9.17) is 0 Å². The van der Waals surface area contributed by atoms with Crippen molar-refractivity contribution in [3.63, 3.8) is 0 Å². The Balaban J connectivity index is 2.20. The molecule has 0 unspecified atom stereocenters. The van der Waals surface area contributed by atoms with E-state index in [0.717, 1.165) is 7.76 Å². The van der Waals surface area contributed by atoms with Gasteiger partial charge in [0.15, 0.2) is 11.6 Å². The Morgan fingerprint density at radius 2 is 1.33 bits per heavy atom. The number of hydrogen-bond donors (Lipinski definition) is 2. The summed E-state index contributed by atoms with van der Waals surface area (Å²) in [4.78, 5) is 26.8. The molecule has 0 aliphatic heterocycles. The molecule has 2 aliphatic carbocycles. The molecular weight excluding hydrogens is 475 g/mol. The average molecular weight is 500 g/mol. The van der Waals surface area contributed by atoms with Gasteiger partial charge in [-0.15, -0.1) is 11.3 Å². The van der Waals surface area contributed by atoms with Crippen LogP contribution in [-0.2, 0) is 9.59 Å². The second kappa shape index (κ2) is 7.03. The smallest absolute Gasteiger partial charge is 0.163 e. The van der Waals surface area contributed by atoms with Crippen LogP contribution >= 0.6 is 33.9 Å². The van der Waals surface area contributed by atoms with E-state index in [9.17, 15) is 19.8 Å². The summed E-state index contributed by atoms with van der Waals surface area (Å²) in [5, 5.41) is 21.5. The van der Waals surface area contributed by atoms with E-state index < -0.39 is 5.92 Å². The number of hydrogen-bond acceptors (Lipinski definition) is 5. The number of rotatable bonds is 3. The molecule has 0 amide bonds. The van der Waals surface area contributed by atoms with Crippen LogP contribution in [0.1, 0.15) is 64.2 Å². The van der Waals surface area contributed by atoms with Crippen LogP contribution in [0.5, 0.6) is 0 Å². The summed E-state index contributed by atoms with van der Waals surface area (Å²) in [6.07, 6.45) is 1.42. The molecule has 0 spiro atoms. The van der Waals surface area contributed by atoms with Crippen molar-refractivity contribution in [2.45, 2.75) is 59.3 Å². The zero-order valence-corrected chi connectivity index (χ0v) is 19.0. The van der Waals surface area contributed by atoms with Gasteiger partial charge in [0, 0.05) is 41.7 Å². The molecule has 0 radical (unpaired) electrons. The van der Waals surface area contributed by atoms with Gasteiger partial charge >= 0.3 is 0 Å². The van der Waals surface area contributed by atoms with Crippen LogP contribution in [0, 0.1) is 13.7 Å². The first-order chi connectivity index (χ1) is 12.4. The average Bonchev–Trinajstić information content (AvgIpc) is 2.87. The van der Waals surface area contributed by atoms with Gasteiger partial charge < -0.3 is 10.2 Å².